The van der Waals surface area contributed by atoms with Crippen molar-refractivity contribution in [2.24, 2.45) is 35.0 Å². The minimum Gasteiger partial charge on any atom is -0.459 e. The lowest BCUT2D eigenvalue weighted by Gasteiger charge is -2.56. The van der Waals surface area contributed by atoms with Gasteiger partial charge in [-0.25, -0.2) is 4.79 Å². The normalized spacial score (nSPS) is 45.9. The average molecular weight is 443 g/mol. The number of carbonyl (C=O) groups excluding carboxylic acids is 3. The molecule has 6 heteroatoms. The van der Waals surface area contributed by atoms with Crippen LogP contribution in [-0.2, 0) is 23.9 Å². The highest BCUT2D eigenvalue weighted by molar-refractivity contribution is 6.11. The third-order valence-corrected chi connectivity index (χ3v) is 9.76. The Hall–Kier alpha value is -1.79. The first-order chi connectivity index (χ1) is 15.2. The first-order valence-electron chi connectivity index (χ1n) is 12.1. The van der Waals surface area contributed by atoms with Crippen molar-refractivity contribution in [2.45, 2.75) is 71.0 Å². The number of hydrogen-bond donors (Lipinski definition) is 1. The molecule has 5 rings (SSSR count). The second-order valence-electron chi connectivity index (χ2n) is 11.1. The van der Waals surface area contributed by atoms with E-state index < -0.39 is 5.60 Å². The van der Waals surface area contributed by atoms with Gasteiger partial charge in [-0.1, -0.05) is 12.5 Å². The summed E-state index contributed by atoms with van der Waals surface area (Å²) in [6.45, 7) is 6.37. The highest BCUT2D eigenvalue weighted by atomic mass is 16.5. The molecule has 0 amide bonds. The van der Waals surface area contributed by atoms with E-state index in [1.807, 2.05) is 6.92 Å². The Morgan fingerprint density at radius 1 is 1.09 bits per heavy atom. The van der Waals surface area contributed by atoms with Gasteiger partial charge in [-0.3, -0.25) is 9.59 Å². The van der Waals surface area contributed by atoms with Gasteiger partial charge in [0.2, 0.25) is 0 Å². The number of cyclic esters (lactones) is 1. The molecule has 0 aromatic carbocycles. The first kappa shape index (κ1) is 22.0. The lowest BCUT2D eigenvalue weighted by molar-refractivity contribution is -0.196. The van der Waals surface area contributed by atoms with Crippen molar-refractivity contribution >= 4 is 17.5 Å². The molecule has 3 aliphatic carbocycles. The van der Waals surface area contributed by atoms with Gasteiger partial charge in [0.15, 0.2) is 11.6 Å². The SMILES string of the molecule is CC1=C(CO)C(=O)OC(CC2CCC3C4COC5(C)C(=O)C=CC(=O)C5C4CCC23C)C1. The largest absolute Gasteiger partial charge is 0.459 e. The maximum Gasteiger partial charge on any atom is 0.336 e. The van der Waals surface area contributed by atoms with Crippen LogP contribution in [0.2, 0.25) is 0 Å². The maximum atomic E-state index is 12.9. The minimum absolute atomic E-state index is 0.0380. The van der Waals surface area contributed by atoms with Crippen molar-refractivity contribution in [1.82, 2.24) is 0 Å². The van der Waals surface area contributed by atoms with E-state index in [0.717, 1.165) is 37.7 Å². The van der Waals surface area contributed by atoms with E-state index in [9.17, 15) is 19.5 Å². The topological polar surface area (TPSA) is 89.9 Å². The predicted octanol–water partition coefficient (Wildman–Crippen LogP) is 3.17. The van der Waals surface area contributed by atoms with Crippen LogP contribution in [0.25, 0.3) is 0 Å². The van der Waals surface area contributed by atoms with E-state index in [-0.39, 0.29) is 53.4 Å². The van der Waals surface area contributed by atoms with Crippen molar-refractivity contribution in [3.8, 4) is 0 Å². The van der Waals surface area contributed by atoms with E-state index in [0.29, 0.717) is 30.4 Å². The highest BCUT2D eigenvalue weighted by Crippen LogP contribution is 2.63. The lowest BCUT2D eigenvalue weighted by atomic mass is 9.52. The standard InChI is InChI=1S/C26H34O6/c1-14-10-16(32-24(30)18(14)12-27)11-15-4-5-20-19-13-31-26(3)22(29)7-6-21(28)23(26)17(19)8-9-25(15,20)2/h6-7,15-17,19-20,23,27H,4-5,8-13H2,1-3H3. The fourth-order valence-corrected chi connectivity index (χ4v) is 7.92. The van der Waals surface area contributed by atoms with Crippen LogP contribution < -0.4 is 0 Å². The summed E-state index contributed by atoms with van der Waals surface area (Å²) >= 11 is 0. The summed E-state index contributed by atoms with van der Waals surface area (Å²) in [5.74, 6) is 0.594. The Morgan fingerprint density at radius 3 is 2.59 bits per heavy atom. The Morgan fingerprint density at radius 2 is 1.88 bits per heavy atom. The van der Waals surface area contributed by atoms with Crippen LogP contribution >= 0.6 is 0 Å². The molecule has 2 aliphatic heterocycles. The molecule has 1 N–H and O–H groups in total. The van der Waals surface area contributed by atoms with Crippen LogP contribution in [0, 0.1) is 35.0 Å². The number of carbonyl (C=O) groups is 3. The fourth-order valence-electron chi connectivity index (χ4n) is 7.92. The number of fused-ring (bicyclic) bond motifs is 5. The molecule has 174 valence electrons. The Labute approximate surface area is 189 Å². The summed E-state index contributed by atoms with van der Waals surface area (Å²) in [5.41, 5.74) is 0.451. The Bertz CT molecular complexity index is 917. The summed E-state index contributed by atoms with van der Waals surface area (Å²) in [6, 6.07) is 0. The predicted molar refractivity (Wildman–Crippen MR) is 116 cm³/mol. The molecule has 8 atom stereocenters. The molecule has 8 unspecified atom stereocenters. The zero-order chi connectivity index (χ0) is 22.8. The van der Waals surface area contributed by atoms with Gasteiger partial charge in [0.05, 0.1) is 24.7 Å². The van der Waals surface area contributed by atoms with E-state index >= 15 is 0 Å². The molecule has 32 heavy (non-hydrogen) atoms. The maximum absolute atomic E-state index is 12.9. The summed E-state index contributed by atoms with van der Waals surface area (Å²) in [4.78, 5) is 37.7. The van der Waals surface area contributed by atoms with Crippen LogP contribution in [0.3, 0.4) is 0 Å². The number of rotatable bonds is 3. The summed E-state index contributed by atoms with van der Waals surface area (Å²) in [5, 5.41) is 9.42. The van der Waals surface area contributed by atoms with Crippen molar-refractivity contribution in [3.63, 3.8) is 0 Å². The molecule has 0 radical (unpaired) electrons. The number of ether oxygens (including phenoxy) is 2. The number of ketones is 2. The number of allylic oxidation sites excluding steroid dienone is 1. The molecule has 5 aliphatic rings. The minimum atomic E-state index is -1.01. The molecule has 0 spiro atoms. The smallest absolute Gasteiger partial charge is 0.336 e. The van der Waals surface area contributed by atoms with Gasteiger partial charge in [0.25, 0.3) is 0 Å². The van der Waals surface area contributed by atoms with Gasteiger partial charge < -0.3 is 14.6 Å². The number of esters is 1. The molecule has 0 bridgehead atoms. The van der Waals surface area contributed by atoms with E-state index in [1.165, 1.54) is 12.2 Å². The molecule has 0 aromatic heterocycles. The van der Waals surface area contributed by atoms with Crippen LogP contribution in [0.5, 0.6) is 0 Å². The van der Waals surface area contributed by atoms with Crippen LogP contribution in [0.15, 0.2) is 23.3 Å². The quantitative estimate of drug-likeness (QED) is 0.676. The molecule has 2 saturated carbocycles. The zero-order valence-corrected chi connectivity index (χ0v) is 19.3. The van der Waals surface area contributed by atoms with Gasteiger partial charge in [-0.2, -0.15) is 0 Å². The summed E-state index contributed by atoms with van der Waals surface area (Å²) in [6.07, 6.45) is 8.38. The van der Waals surface area contributed by atoms with Gasteiger partial charge in [0, 0.05) is 6.42 Å². The molecule has 6 nitrogen and oxygen atoms in total. The molecule has 0 aromatic rings. The molecular formula is C26H34O6. The van der Waals surface area contributed by atoms with Crippen LogP contribution in [0.1, 0.15) is 59.3 Å². The second kappa shape index (κ2) is 7.63. The van der Waals surface area contributed by atoms with Gasteiger partial charge >= 0.3 is 5.97 Å². The lowest BCUT2D eigenvalue weighted by Crippen LogP contribution is -2.62. The van der Waals surface area contributed by atoms with Crippen molar-refractivity contribution in [3.05, 3.63) is 23.3 Å². The van der Waals surface area contributed by atoms with Crippen molar-refractivity contribution in [2.75, 3.05) is 13.2 Å². The van der Waals surface area contributed by atoms with E-state index in [4.69, 9.17) is 9.47 Å². The average Bonchev–Trinajstić information content (AvgIpc) is 3.07. The summed E-state index contributed by atoms with van der Waals surface area (Å²) in [7, 11) is 0. The summed E-state index contributed by atoms with van der Waals surface area (Å²) < 4.78 is 11.9. The fraction of sp³-hybridized carbons (Fsp3) is 0.731. The molecule has 1 saturated heterocycles. The highest BCUT2D eigenvalue weighted by Gasteiger charge is 2.62. The Kier molecular flexibility index (Phi) is 5.25. The van der Waals surface area contributed by atoms with E-state index in [1.54, 1.807) is 6.92 Å². The number of aliphatic hydroxyl groups excluding tert-OH is 1. The van der Waals surface area contributed by atoms with Crippen molar-refractivity contribution < 1.29 is 29.0 Å². The Balaban J connectivity index is 1.34. The molecule has 3 fully saturated rings. The molecular weight excluding hydrogens is 408 g/mol. The van der Waals surface area contributed by atoms with Gasteiger partial charge in [0.1, 0.15) is 11.7 Å². The van der Waals surface area contributed by atoms with Gasteiger partial charge in [-0.05, 0) is 87.2 Å². The number of hydrogen-bond acceptors (Lipinski definition) is 6. The first-order valence-corrected chi connectivity index (χ1v) is 12.1. The zero-order valence-electron chi connectivity index (χ0n) is 19.3. The van der Waals surface area contributed by atoms with Crippen LogP contribution in [-0.4, -0.2) is 47.6 Å². The third-order valence-electron chi connectivity index (χ3n) is 9.76. The second-order valence-corrected chi connectivity index (χ2v) is 11.1. The number of aliphatic hydroxyl groups is 1. The van der Waals surface area contributed by atoms with Crippen LogP contribution in [0.4, 0.5) is 0 Å². The molecule has 2 heterocycles. The van der Waals surface area contributed by atoms with E-state index in [2.05, 4.69) is 6.92 Å². The third kappa shape index (κ3) is 3.09. The van der Waals surface area contributed by atoms with Gasteiger partial charge in [-0.15, -0.1) is 0 Å². The van der Waals surface area contributed by atoms with Crippen molar-refractivity contribution in [1.29, 1.82) is 0 Å². The monoisotopic (exact) mass is 442 g/mol.